The molecular weight excluding hydrogens is 240 g/mol. The van der Waals surface area contributed by atoms with Crippen LogP contribution in [0.4, 0.5) is 0 Å². The van der Waals surface area contributed by atoms with Crippen molar-refractivity contribution in [3.63, 3.8) is 0 Å². The van der Waals surface area contributed by atoms with E-state index in [0.29, 0.717) is 24.8 Å². The summed E-state index contributed by atoms with van der Waals surface area (Å²) in [4.78, 5) is 6.68. The van der Waals surface area contributed by atoms with Gasteiger partial charge in [0.25, 0.3) is 10.0 Å². The fraction of sp³-hybridized carbons (Fsp3) is 0.700. The number of nitrogens with two attached hydrogens (primary N) is 1. The van der Waals surface area contributed by atoms with E-state index in [4.69, 9.17) is 5.73 Å². The zero-order chi connectivity index (χ0) is 12.6. The molecule has 1 aliphatic heterocycles. The molecule has 1 aromatic heterocycles. The SMILES string of the molecule is Cc1ncc(S(=O)(=O)N2CCC(C)C(N)C2)[nH]1. The van der Waals surface area contributed by atoms with Crippen molar-refractivity contribution in [3.8, 4) is 0 Å². The van der Waals surface area contributed by atoms with E-state index in [1.807, 2.05) is 0 Å². The third-order valence-electron chi connectivity index (χ3n) is 3.28. The number of rotatable bonds is 2. The molecule has 2 rings (SSSR count). The minimum atomic E-state index is -3.46. The summed E-state index contributed by atoms with van der Waals surface area (Å²) >= 11 is 0. The van der Waals surface area contributed by atoms with Gasteiger partial charge in [-0.3, -0.25) is 0 Å². The Labute approximate surface area is 101 Å². The number of imidazole rings is 1. The van der Waals surface area contributed by atoms with Gasteiger partial charge in [0, 0.05) is 19.1 Å². The first-order valence-electron chi connectivity index (χ1n) is 5.68. The van der Waals surface area contributed by atoms with Gasteiger partial charge in [-0.1, -0.05) is 6.92 Å². The predicted octanol–water partition coefficient (Wildman–Crippen LogP) is 0.0759. The molecule has 0 aromatic carbocycles. The molecule has 0 spiro atoms. The van der Waals surface area contributed by atoms with E-state index in [0.717, 1.165) is 6.42 Å². The fourth-order valence-corrected chi connectivity index (χ4v) is 3.41. The smallest absolute Gasteiger partial charge is 0.260 e. The molecule has 0 bridgehead atoms. The molecular formula is C10H18N4O2S. The van der Waals surface area contributed by atoms with Crippen LogP contribution in [-0.2, 0) is 10.0 Å². The van der Waals surface area contributed by atoms with Crippen LogP contribution >= 0.6 is 0 Å². The normalized spacial score (nSPS) is 27.2. The minimum absolute atomic E-state index is 0.0949. The summed E-state index contributed by atoms with van der Waals surface area (Å²) < 4.78 is 25.9. The average Bonchev–Trinajstić information content (AvgIpc) is 2.69. The number of hydrogen-bond acceptors (Lipinski definition) is 4. The van der Waals surface area contributed by atoms with Gasteiger partial charge < -0.3 is 10.7 Å². The Morgan fingerprint density at radius 2 is 2.29 bits per heavy atom. The molecule has 0 aliphatic carbocycles. The number of sulfonamides is 1. The van der Waals surface area contributed by atoms with Crippen molar-refractivity contribution in [1.82, 2.24) is 14.3 Å². The molecule has 1 saturated heterocycles. The van der Waals surface area contributed by atoms with Crippen molar-refractivity contribution in [2.45, 2.75) is 31.3 Å². The van der Waals surface area contributed by atoms with Crippen molar-refractivity contribution in [2.24, 2.45) is 11.7 Å². The monoisotopic (exact) mass is 258 g/mol. The number of H-pyrrole nitrogens is 1. The molecule has 0 radical (unpaired) electrons. The lowest BCUT2D eigenvalue weighted by atomic mass is 9.96. The summed E-state index contributed by atoms with van der Waals surface area (Å²) in [6.07, 6.45) is 2.15. The van der Waals surface area contributed by atoms with Gasteiger partial charge in [-0.15, -0.1) is 0 Å². The van der Waals surface area contributed by atoms with Crippen molar-refractivity contribution in [3.05, 3.63) is 12.0 Å². The van der Waals surface area contributed by atoms with Crippen LogP contribution in [0.15, 0.2) is 11.2 Å². The topological polar surface area (TPSA) is 92.1 Å². The van der Waals surface area contributed by atoms with Gasteiger partial charge in [-0.2, -0.15) is 4.31 Å². The molecule has 7 heteroatoms. The van der Waals surface area contributed by atoms with E-state index < -0.39 is 10.0 Å². The van der Waals surface area contributed by atoms with Gasteiger partial charge in [0.05, 0.1) is 6.20 Å². The molecule has 3 N–H and O–H groups in total. The molecule has 1 fully saturated rings. The first kappa shape index (κ1) is 12.5. The van der Waals surface area contributed by atoms with Crippen molar-refractivity contribution in [2.75, 3.05) is 13.1 Å². The van der Waals surface area contributed by atoms with E-state index in [1.165, 1.54) is 10.5 Å². The Hall–Kier alpha value is -0.920. The third-order valence-corrected chi connectivity index (χ3v) is 5.05. The van der Waals surface area contributed by atoms with E-state index in [1.54, 1.807) is 6.92 Å². The average molecular weight is 258 g/mol. The summed E-state index contributed by atoms with van der Waals surface area (Å²) in [6.45, 7) is 4.68. The first-order chi connectivity index (χ1) is 7.91. The van der Waals surface area contributed by atoms with Gasteiger partial charge in [0.1, 0.15) is 5.82 Å². The molecule has 17 heavy (non-hydrogen) atoms. The highest BCUT2D eigenvalue weighted by Gasteiger charge is 2.32. The summed E-state index contributed by atoms with van der Waals surface area (Å²) in [5.41, 5.74) is 5.92. The van der Waals surface area contributed by atoms with Gasteiger partial charge in [-0.25, -0.2) is 13.4 Å². The highest BCUT2D eigenvalue weighted by Crippen LogP contribution is 2.21. The summed E-state index contributed by atoms with van der Waals surface area (Å²) in [5.74, 6) is 0.961. The third kappa shape index (κ3) is 2.36. The van der Waals surface area contributed by atoms with Crippen LogP contribution in [0.3, 0.4) is 0 Å². The van der Waals surface area contributed by atoms with Crippen LogP contribution < -0.4 is 5.73 Å². The summed E-state index contributed by atoms with van der Waals surface area (Å²) in [7, 11) is -3.46. The largest absolute Gasteiger partial charge is 0.332 e. The molecule has 6 nitrogen and oxygen atoms in total. The zero-order valence-electron chi connectivity index (χ0n) is 10.0. The van der Waals surface area contributed by atoms with Crippen LogP contribution in [0.1, 0.15) is 19.2 Å². The molecule has 0 amide bonds. The lowest BCUT2D eigenvalue weighted by Gasteiger charge is -2.33. The van der Waals surface area contributed by atoms with Crippen molar-refractivity contribution in [1.29, 1.82) is 0 Å². The Balaban J connectivity index is 2.22. The quantitative estimate of drug-likeness (QED) is 0.785. The predicted molar refractivity (Wildman–Crippen MR) is 63.8 cm³/mol. The van der Waals surface area contributed by atoms with Gasteiger partial charge in [-0.05, 0) is 19.3 Å². The Morgan fingerprint density at radius 3 is 2.82 bits per heavy atom. The Bertz CT molecular complexity index is 496. The lowest BCUT2D eigenvalue weighted by molar-refractivity contribution is 0.252. The molecule has 1 aliphatic rings. The maximum Gasteiger partial charge on any atom is 0.260 e. The van der Waals surface area contributed by atoms with Crippen LogP contribution in [-0.4, -0.2) is 41.8 Å². The molecule has 0 saturated carbocycles. The standard InChI is InChI=1S/C10H18N4O2S/c1-7-3-4-14(6-9(7)11)17(15,16)10-5-12-8(2)13-10/h5,7,9H,3-4,6,11H2,1-2H3,(H,12,13). The number of aryl methyl sites for hydroxylation is 1. The highest BCUT2D eigenvalue weighted by atomic mass is 32.2. The molecule has 96 valence electrons. The van der Waals surface area contributed by atoms with E-state index in [2.05, 4.69) is 16.9 Å². The maximum atomic E-state index is 12.3. The number of hydrogen-bond donors (Lipinski definition) is 2. The number of nitrogens with zero attached hydrogens (tertiary/aromatic N) is 2. The number of aromatic nitrogens is 2. The van der Waals surface area contributed by atoms with Crippen molar-refractivity contribution < 1.29 is 8.42 Å². The maximum absolute atomic E-state index is 12.3. The minimum Gasteiger partial charge on any atom is -0.332 e. The number of aromatic amines is 1. The molecule has 1 aromatic rings. The second kappa shape index (κ2) is 4.40. The highest BCUT2D eigenvalue weighted by molar-refractivity contribution is 7.89. The van der Waals surface area contributed by atoms with E-state index in [9.17, 15) is 8.42 Å². The molecule has 2 heterocycles. The Kier molecular flexibility index (Phi) is 3.24. The van der Waals surface area contributed by atoms with Gasteiger partial charge in [0.2, 0.25) is 0 Å². The second-order valence-corrected chi connectivity index (χ2v) is 6.53. The summed E-state index contributed by atoms with van der Waals surface area (Å²) in [5, 5.41) is 0.150. The van der Waals surface area contributed by atoms with Crippen LogP contribution in [0.2, 0.25) is 0 Å². The number of nitrogens with one attached hydrogen (secondary N) is 1. The molecule has 2 atom stereocenters. The zero-order valence-corrected chi connectivity index (χ0v) is 10.9. The number of piperidine rings is 1. The van der Waals surface area contributed by atoms with E-state index in [-0.39, 0.29) is 11.1 Å². The Morgan fingerprint density at radius 1 is 1.59 bits per heavy atom. The van der Waals surface area contributed by atoms with Crippen molar-refractivity contribution >= 4 is 10.0 Å². The van der Waals surface area contributed by atoms with Gasteiger partial charge in [0.15, 0.2) is 5.03 Å². The van der Waals surface area contributed by atoms with Crippen LogP contribution in [0.5, 0.6) is 0 Å². The second-order valence-electron chi connectivity index (χ2n) is 4.63. The fourth-order valence-electron chi connectivity index (χ4n) is 1.95. The van der Waals surface area contributed by atoms with E-state index >= 15 is 0 Å². The lowest BCUT2D eigenvalue weighted by Crippen LogP contribution is -2.49. The van der Waals surface area contributed by atoms with Crippen LogP contribution in [0, 0.1) is 12.8 Å². The van der Waals surface area contributed by atoms with Gasteiger partial charge >= 0.3 is 0 Å². The summed E-state index contributed by atoms with van der Waals surface area (Å²) in [6, 6.07) is -0.0949. The molecule has 2 unspecified atom stereocenters. The first-order valence-corrected chi connectivity index (χ1v) is 7.12. The van der Waals surface area contributed by atoms with Crippen LogP contribution in [0.25, 0.3) is 0 Å².